The number of fused-ring (bicyclic) bond motifs is 1. The Bertz CT molecular complexity index is 581. The smallest absolute Gasteiger partial charge is 0.205 e. The molecule has 0 bridgehead atoms. The Balaban J connectivity index is 1.79. The second-order valence-corrected chi connectivity index (χ2v) is 6.41. The summed E-state index contributed by atoms with van der Waals surface area (Å²) in [5.41, 5.74) is 2.80. The van der Waals surface area contributed by atoms with Gasteiger partial charge in [-0.25, -0.2) is 0 Å². The van der Waals surface area contributed by atoms with Crippen LogP contribution in [0.5, 0.6) is 0 Å². The molecule has 1 aromatic heterocycles. The van der Waals surface area contributed by atoms with Crippen molar-refractivity contribution in [3.63, 3.8) is 0 Å². The predicted octanol–water partition coefficient (Wildman–Crippen LogP) is 3.17. The van der Waals surface area contributed by atoms with Crippen LogP contribution in [0.3, 0.4) is 0 Å². The van der Waals surface area contributed by atoms with Crippen LogP contribution in [0.4, 0.5) is 10.8 Å². The van der Waals surface area contributed by atoms with Crippen LogP contribution >= 0.6 is 11.3 Å². The molecule has 20 heavy (non-hydrogen) atoms. The molecular weight excluding hydrogens is 268 g/mol. The lowest BCUT2D eigenvalue weighted by Gasteiger charge is -2.34. The summed E-state index contributed by atoms with van der Waals surface area (Å²) in [5, 5.41) is 13.7. The summed E-state index contributed by atoms with van der Waals surface area (Å²) in [5.74, 6) is 0.686. The van der Waals surface area contributed by atoms with E-state index in [1.807, 2.05) is 0 Å². The maximum atomic E-state index is 4.29. The minimum atomic E-state index is 0.686. The number of hydrogen-bond donors (Lipinski definition) is 1. The molecule has 1 aliphatic rings. The molecule has 0 saturated heterocycles. The lowest BCUT2D eigenvalue weighted by Crippen LogP contribution is -2.33. The molecule has 1 aliphatic heterocycles. The van der Waals surface area contributed by atoms with Crippen molar-refractivity contribution in [2.75, 3.05) is 23.3 Å². The molecule has 1 aromatic carbocycles. The van der Waals surface area contributed by atoms with Crippen molar-refractivity contribution >= 4 is 22.2 Å². The minimum Gasteiger partial charge on any atom is -0.364 e. The van der Waals surface area contributed by atoms with E-state index in [1.54, 1.807) is 11.3 Å². The summed E-state index contributed by atoms with van der Waals surface area (Å²) in [6.45, 7) is 7.21. The Kier molecular flexibility index (Phi) is 3.87. The monoisotopic (exact) mass is 288 g/mol. The molecule has 0 fully saturated rings. The summed E-state index contributed by atoms with van der Waals surface area (Å²) in [4.78, 5) is 2.43. The third-order valence-corrected chi connectivity index (χ3v) is 4.42. The molecule has 3 rings (SSSR count). The van der Waals surface area contributed by atoms with Crippen LogP contribution in [0.15, 0.2) is 24.3 Å². The fourth-order valence-corrected chi connectivity index (χ4v) is 3.58. The molecular formula is C15H20N4S. The molecule has 0 amide bonds. The maximum Gasteiger partial charge on any atom is 0.205 e. The lowest BCUT2D eigenvalue weighted by molar-refractivity contribution is 0.529. The van der Waals surface area contributed by atoms with Crippen LogP contribution in [0, 0.1) is 5.92 Å². The van der Waals surface area contributed by atoms with Crippen LogP contribution in [0.1, 0.15) is 24.4 Å². The van der Waals surface area contributed by atoms with Crippen molar-refractivity contribution in [2.24, 2.45) is 5.92 Å². The van der Waals surface area contributed by atoms with Gasteiger partial charge in [0.15, 0.2) is 0 Å². The molecule has 2 heterocycles. The molecule has 1 N–H and O–H groups in total. The highest BCUT2D eigenvalue weighted by Crippen LogP contribution is 2.31. The second kappa shape index (κ2) is 5.79. The average Bonchev–Trinajstić information content (AvgIpc) is 2.86. The molecule has 1 atom stereocenters. The first-order valence-corrected chi connectivity index (χ1v) is 7.97. The zero-order valence-corrected chi connectivity index (χ0v) is 12.8. The van der Waals surface area contributed by atoms with Gasteiger partial charge in [-0.05, 0) is 30.9 Å². The summed E-state index contributed by atoms with van der Waals surface area (Å²) >= 11 is 1.65. The molecule has 0 saturated carbocycles. The highest BCUT2D eigenvalue weighted by atomic mass is 32.1. The van der Waals surface area contributed by atoms with E-state index in [0.717, 1.165) is 29.8 Å². The topological polar surface area (TPSA) is 41.1 Å². The fourth-order valence-electron chi connectivity index (χ4n) is 2.76. The minimum absolute atomic E-state index is 0.686. The largest absolute Gasteiger partial charge is 0.364 e. The first-order valence-electron chi connectivity index (χ1n) is 7.15. The van der Waals surface area contributed by atoms with Gasteiger partial charge in [0.05, 0.1) is 6.54 Å². The van der Waals surface area contributed by atoms with Crippen molar-refractivity contribution < 1.29 is 0 Å². The Morgan fingerprint density at radius 2 is 2.20 bits per heavy atom. The normalized spacial score (nSPS) is 17.9. The summed E-state index contributed by atoms with van der Waals surface area (Å²) in [7, 11) is 0. The first kappa shape index (κ1) is 13.4. The van der Waals surface area contributed by atoms with Gasteiger partial charge >= 0.3 is 0 Å². The van der Waals surface area contributed by atoms with E-state index in [1.165, 1.54) is 17.7 Å². The van der Waals surface area contributed by atoms with Gasteiger partial charge in [-0.3, -0.25) is 0 Å². The molecule has 1 unspecified atom stereocenters. The quantitative estimate of drug-likeness (QED) is 0.938. The van der Waals surface area contributed by atoms with Crippen LogP contribution in [0.2, 0.25) is 0 Å². The van der Waals surface area contributed by atoms with Crippen molar-refractivity contribution in [3.05, 3.63) is 34.8 Å². The zero-order chi connectivity index (χ0) is 13.9. The summed E-state index contributed by atoms with van der Waals surface area (Å²) in [6.07, 6.45) is 1.17. The van der Waals surface area contributed by atoms with E-state index in [0.29, 0.717) is 5.92 Å². The Hall–Kier alpha value is -1.62. The van der Waals surface area contributed by atoms with Crippen LogP contribution < -0.4 is 10.2 Å². The van der Waals surface area contributed by atoms with Crippen molar-refractivity contribution in [1.29, 1.82) is 0 Å². The highest BCUT2D eigenvalue weighted by molar-refractivity contribution is 7.15. The Labute approximate surface area is 123 Å². The fraction of sp³-hybridized carbons (Fsp3) is 0.467. The van der Waals surface area contributed by atoms with E-state index in [2.05, 4.69) is 58.5 Å². The molecule has 4 nitrogen and oxygen atoms in total. The zero-order valence-electron chi connectivity index (χ0n) is 12.0. The van der Waals surface area contributed by atoms with E-state index in [9.17, 15) is 0 Å². The van der Waals surface area contributed by atoms with Gasteiger partial charge in [0.1, 0.15) is 5.01 Å². The van der Waals surface area contributed by atoms with Crippen molar-refractivity contribution in [2.45, 2.75) is 26.8 Å². The van der Waals surface area contributed by atoms with E-state index >= 15 is 0 Å². The van der Waals surface area contributed by atoms with Gasteiger partial charge in [0.25, 0.3) is 0 Å². The van der Waals surface area contributed by atoms with Crippen molar-refractivity contribution in [1.82, 2.24) is 10.2 Å². The van der Waals surface area contributed by atoms with Crippen LogP contribution in [-0.4, -0.2) is 23.3 Å². The maximum absolute atomic E-state index is 4.29. The predicted molar refractivity (Wildman–Crippen MR) is 84.4 cm³/mol. The first-order chi connectivity index (χ1) is 9.76. The number of nitrogens with one attached hydrogen (secondary N) is 1. The van der Waals surface area contributed by atoms with Gasteiger partial charge in [0.2, 0.25) is 5.13 Å². The molecule has 106 valence electrons. The number of rotatable bonds is 4. The molecule has 2 aromatic rings. The highest BCUT2D eigenvalue weighted by Gasteiger charge is 2.22. The number of aromatic nitrogens is 2. The van der Waals surface area contributed by atoms with E-state index in [-0.39, 0.29) is 0 Å². The molecule has 0 aliphatic carbocycles. The number of para-hydroxylation sites is 1. The second-order valence-electron chi connectivity index (χ2n) is 5.35. The van der Waals surface area contributed by atoms with Gasteiger partial charge in [-0.1, -0.05) is 36.5 Å². The molecule has 0 radical (unpaired) electrons. The summed E-state index contributed by atoms with van der Waals surface area (Å²) in [6, 6.07) is 8.70. The van der Waals surface area contributed by atoms with Gasteiger partial charge in [-0.2, -0.15) is 0 Å². The van der Waals surface area contributed by atoms with Crippen molar-refractivity contribution in [3.8, 4) is 0 Å². The third kappa shape index (κ3) is 2.77. The SMILES string of the molecule is CCNc1nnc(CN2CC(C)Cc3ccccc32)s1. The molecule has 5 heteroatoms. The Morgan fingerprint density at radius 3 is 3.05 bits per heavy atom. The van der Waals surface area contributed by atoms with Gasteiger partial charge in [-0.15, -0.1) is 10.2 Å². The van der Waals surface area contributed by atoms with Crippen LogP contribution in [-0.2, 0) is 13.0 Å². The van der Waals surface area contributed by atoms with E-state index < -0.39 is 0 Å². The number of hydrogen-bond acceptors (Lipinski definition) is 5. The molecule has 0 spiro atoms. The number of benzene rings is 1. The summed E-state index contributed by atoms with van der Waals surface area (Å²) < 4.78 is 0. The van der Waals surface area contributed by atoms with Crippen LogP contribution in [0.25, 0.3) is 0 Å². The van der Waals surface area contributed by atoms with E-state index in [4.69, 9.17) is 0 Å². The Morgan fingerprint density at radius 1 is 1.35 bits per heavy atom. The lowest BCUT2D eigenvalue weighted by atomic mass is 9.94. The van der Waals surface area contributed by atoms with Gasteiger partial charge in [0, 0.05) is 18.8 Å². The number of anilines is 2. The third-order valence-electron chi connectivity index (χ3n) is 3.55. The standard InChI is InChI=1S/C15H20N4S/c1-3-16-15-18-17-14(20-15)10-19-9-11(2)8-12-6-4-5-7-13(12)19/h4-7,11H,3,8-10H2,1-2H3,(H,16,18). The average molecular weight is 288 g/mol. The van der Waals surface area contributed by atoms with Gasteiger partial charge < -0.3 is 10.2 Å². The number of nitrogens with zero attached hydrogens (tertiary/aromatic N) is 3.